The van der Waals surface area contributed by atoms with Crippen LogP contribution in [0.4, 0.5) is 0 Å². The average Bonchev–Trinajstić information content (AvgIpc) is 2.76. The minimum Gasteiger partial charge on any atom is -0.507 e. The normalized spacial score (nSPS) is 37.3. The van der Waals surface area contributed by atoms with Crippen molar-refractivity contribution in [2.75, 3.05) is 28.3 Å². The van der Waals surface area contributed by atoms with Crippen molar-refractivity contribution in [1.82, 2.24) is 4.90 Å². The Morgan fingerprint density at radius 3 is 2.29 bits per heavy atom. The van der Waals surface area contributed by atoms with Gasteiger partial charge in [0.2, 0.25) is 5.91 Å². The van der Waals surface area contributed by atoms with Crippen LogP contribution in [0.1, 0.15) is 28.8 Å². The molecule has 0 aromatic heterocycles. The molecule has 8 atom stereocenters. The van der Waals surface area contributed by atoms with Gasteiger partial charge in [-0.3, -0.25) is 28.9 Å². The van der Waals surface area contributed by atoms with Crippen LogP contribution in [0.5, 0.6) is 5.75 Å². The van der Waals surface area contributed by atoms with E-state index >= 15 is 0 Å². The second kappa shape index (κ2) is 8.07. The van der Waals surface area contributed by atoms with E-state index in [-0.39, 0.29) is 11.3 Å². The van der Waals surface area contributed by atoms with Crippen molar-refractivity contribution < 1.29 is 38.6 Å². The van der Waals surface area contributed by atoms with Crippen molar-refractivity contribution in [3.05, 3.63) is 29.3 Å². The van der Waals surface area contributed by atoms with Gasteiger partial charge in [0.1, 0.15) is 5.75 Å². The summed E-state index contributed by atoms with van der Waals surface area (Å²) in [5.41, 5.74) is 3.69. The lowest BCUT2D eigenvalue weighted by molar-refractivity contribution is -0.205. The molecule has 2 fully saturated rings. The second-order valence-electron chi connectivity index (χ2n) is 9.49. The van der Waals surface area contributed by atoms with Crippen molar-refractivity contribution >= 4 is 29.0 Å². The van der Waals surface area contributed by atoms with Crippen molar-refractivity contribution in [3.8, 4) is 5.75 Å². The number of methoxy groups -OCH3 is 2. The summed E-state index contributed by atoms with van der Waals surface area (Å²) in [6.07, 6.45) is -0.939. The summed E-state index contributed by atoms with van der Waals surface area (Å²) >= 11 is 0. The number of ketones is 4. The number of rotatable bonds is 4. The summed E-state index contributed by atoms with van der Waals surface area (Å²) in [6.45, 7) is 1.81. The zero-order chi connectivity index (χ0) is 25.3. The first-order valence-electron chi connectivity index (χ1n) is 11.0. The predicted molar refractivity (Wildman–Crippen MR) is 117 cm³/mol. The molecular formula is C24H28N2O8. The zero-order valence-electron chi connectivity index (χ0n) is 19.6. The van der Waals surface area contributed by atoms with Gasteiger partial charge in [0, 0.05) is 20.1 Å². The van der Waals surface area contributed by atoms with Gasteiger partial charge in [-0.15, -0.1) is 0 Å². The minimum atomic E-state index is -2.30. The molecule has 182 valence electrons. The maximum atomic E-state index is 14.2. The number of carbonyl (C=O) groups is 5. The molecule has 0 spiro atoms. The predicted octanol–water partition coefficient (Wildman–Crippen LogP) is -0.293. The summed E-state index contributed by atoms with van der Waals surface area (Å²) in [5.74, 6) is -10.4. The number of ether oxygens (including phenoxy) is 2. The fraction of sp³-hybridized carbons (Fsp3) is 0.542. The molecule has 1 aromatic rings. The molecule has 0 saturated heterocycles. The molecule has 0 radical (unpaired) electrons. The summed E-state index contributed by atoms with van der Waals surface area (Å²) in [7, 11) is 5.69. The highest BCUT2D eigenvalue weighted by molar-refractivity contribution is 6.32. The largest absolute Gasteiger partial charge is 0.507 e. The van der Waals surface area contributed by atoms with Crippen LogP contribution in [-0.4, -0.2) is 85.1 Å². The van der Waals surface area contributed by atoms with Gasteiger partial charge in [-0.1, -0.05) is 19.1 Å². The van der Waals surface area contributed by atoms with Crippen molar-refractivity contribution in [1.29, 1.82) is 0 Å². The molecule has 2 saturated carbocycles. The van der Waals surface area contributed by atoms with E-state index in [2.05, 4.69) is 0 Å². The Hall–Kier alpha value is -2.95. The summed E-state index contributed by atoms with van der Waals surface area (Å²) < 4.78 is 11.5. The van der Waals surface area contributed by atoms with Crippen LogP contribution >= 0.6 is 0 Å². The van der Waals surface area contributed by atoms with Gasteiger partial charge in [0.25, 0.3) is 0 Å². The highest BCUT2D eigenvalue weighted by Gasteiger charge is 2.74. The molecule has 34 heavy (non-hydrogen) atoms. The molecule has 10 heteroatoms. The van der Waals surface area contributed by atoms with Crippen LogP contribution in [0.25, 0.3) is 0 Å². The summed E-state index contributed by atoms with van der Waals surface area (Å²) in [6, 6.07) is 3.55. The number of nitrogens with two attached hydrogens (primary N) is 1. The van der Waals surface area contributed by atoms with Gasteiger partial charge in [0.05, 0.1) is 29.5 Å². The fourth-order valence-electron chi connectivity index (χ4n) is 6.53. The van der Waals surface area contributed by atoms with Crippen LogP contribution in [0.3, 0.4) is 0 Å². The van der Waals surface area contributed by atoms with E-state index in [1.165, 1.54) is 18.1 Å². The fourth-order valence-corrected chi connectivity index (χ4v) is 6.53. The number of primary amides is 1. The lowest BCUT2D eigenvalue weighted by Gasteiger charge is -2.58. The number of likely N-dealkylation sites (N-methyl/N-ethyl adjacent to an activating group) is 1. The van der Waals surface area contributed by atoms with E-state index in [1.807, 2.05) is 6.92 Å². The Morgan fingerprint density at radius 1 is 1.12 bits per heavy atom. The molecule has 0 aliphatic heterocycles. The molecule has 3 aliphatic carbocycles. The number of Topliss-reactive ketones (excluding diaryl/α,β-unsaturated/α-hetero) is 4. The number of carbonyl (C=O) groups excluding carboxylic acids is 5. The smallest absolute Gasteiger partial charge is 0.235 e. The standard InChI is InChI=1S/C24H28N2O8/c1-9-10-7-6-8-11(27)13(10)18(28)14-12(9)20(33-4)16-17(26(2)3)19(29)15(23(25)32)22(31)24(16,34-5)21(14)30/h6-9,12,14-17,20,27H,1-5H3,(H2,25,32). The number of amides is 1. The van der Waals surface area contributed by atoms with Gasteiger partial charge in [0.15, 0.2) is 34.7 Å². The molecule has 1 aromatic carbocycles. The molecule has 10 nitrogen and oxygen atoms in total. The summed E-state index contributed by atoms with van der Waals surface area (Å²) in [4.78, 5) is 68.6. The highest BCUT2D eigenvalue weighted by Crippen LogP contribution is 2.56. The Balaban J connectivity index is 2.03. The lowest BCUT2D eigenvalue weighted by Crippen LogP contribution is -2.78. The van der Waals surface area contributed by atoms with Crippen molar-refractivity contribution in [3.63, 3.8) is 0 Å². The third-order valence-electron chi connectivity index (χ3n) is 7.89. The van der Waals surface area contributed by atoms with E-state index < -0.39 is 76.4 Å². The Kier molecular flexibility index (Phi) is 5.74. The first-order valence-corrected chi connectivity index (χ1v) is 11.0. The van der Waals surface area contributed by atoms with E-state index in [1.54, 1.807) is 26.2 Å². The minimum absolute atomic E-state index is 0.0131. The number of nitrogens with zero attached hydrogens (tertiary/aromatic N) is 1. The lowest BCUT2D eigenvalue weighted by atomic mass is 9.49. The molecule has 8 unspecified atom stereocenters. The van der Waals surface area contributed by atoms with E-state index in [9.17, 15) is 29.1 Å². The molecule has 0 bridgehead atoms. The SMILES string of the molecule is COC1C2C(C(=O)c3c(O)cccc3C2C)C(=O)C2(OC)C(=O)C(C(N)=O)C(=O)C(N(C)C)C12. The molecule has 4 rings (SSSR count). The van der Waals surface area contributed by atoms with Gasteiger partial charge in [-0.25, -0.2) is 0 Å². The van der Waals surface area contributed by atoms with Crippen LogP contribution in [0, 0.1) is 23.7 Å². The number of aromatic hydroxyl groups is 1. The van der Waals surface area contributed by atoms with Crippen LogP contribution in [-0.2, 0) is 28.7 Å². The van der Waals surface area contributed by atoms with Crippen molar-refractivity contribution in [2.24, 2.45) is 29.4 Å². The number of fused-ring (bicyclic) bond motifs is 3. The van der Waals surface area contributed by atoms with Crippen LogP contribution in [0.2, 0.25) is 0 Å². The maximum absolute atomic E-state index is 14.2. The van der Waals surface area contributed by atoms with Gasteiger partial charge >= 0.3 is 0 Å². The number of phenols is 1. The number of hydrogen-bond acceptors (Lipinski definition) is 9. The topological polar surface area (TPSA) is 153 Å². The Bertz CT molecular complexity index is 1110. The Labute approximate surface area is 196 Å². The van der Waals surface area contributed by atoms with E-state index in [0.29, 0.717) is 5.56 Å². The zero-order valence-corrected chi connectivity index (χ0v) is 19.6. The van der Waals surface area contributed by atoms with E-state index in [4.69, 9.17) is 15.2 Å². The molecule has 0 heterocycles. The quantitative estimate of drug-likeness (QED) is 0.563. The van der Waals surface area contributed by atoms with Crippen molar-refractivity contribution in [2.45, 2.75) is 30.6 Å². The number of phenolic OH excluding ortho intramolecular Hbond substituents is 1. The second-order valence-corrected chi connectivity index (χ2v) is 9.49. The first-order chi connectivity index (χ1) is 16.0. The molecule has 1 amide bonds. The average molecular weight is 472 g/mol. The number of hydrogen-bond donors (Lipinski definition) is 2. The van der Waals surface area contributed by atoms with Gasteiger partial charge < -0.3 is 20.3 Å². The monoisotopic (exact) mass is 472 g/mol. The summed E-state index contributed by atoms with van der Waals surface area (Å²) in [5, 5.41) is 10.4. The van der Waals surface area contributed by atoms with Gasteiger partial charge in [-0.05, 0) is 31.6 Å². The van der Waals surface area contributed by atoms with E-state index in [0.717, 1.165) is 7.11 Å². The third-order valence-corrected chi connectivity index (χ3v) is 7.89. The molecule has 3 aliphatic rings. The van der Waals surface area contributed by atoms with Crippen LogP contribution < -0.4 is 5.73 Å². The first kappa shape index (κ1) is 24.2. The maximum Gasteiger partial charge on any atom is 0.235 e. The molecular weight excluding hydrogens is 444 g/mol. The highest BCUT2D eigenvalue weighted by atomic mass is 16.5. The molecule has 3 N–H and O–H groups in total. The van der Waals surface area contributed by atoms with Gasteiger partial charge in [-0.2, -0.15) is 0 Å². The number of benzene rings is 1. The Morgan fingerprint density at radius 2 is 1.76 bits per heavy atom. The van der Waals surface area contributed by atoms with Crippen LogP contribution in [0.15, 0.2) is 18.2 Å². The third kappa shape index (κ3) is 2.82.